The molecule has 3 aromatic rings. The molecule has 0 bridgehead atoms. The highest BCUT2D eigenvalue weighted by Crippen LogP contribution is 2.21. The van der Waals surface area contributed by atoms with Crippen molar-refractivity contribution in [2.75, 3.05) is 50.5 Å². The highest BCUT2D eigenvalue weighted by Gasteiger charge is 2.36. The number of aliphatic hydroxyl groups excluding tert-OH is 15. The second-order valence-electron chi connectivity index (χ2n) is 23.7. The fraction of sp³-hybridized carbons (Fsp3) is 0.617. The number of nitrogen functional groups attached to an aromatic ring is 1. The summed E-state index contributed by atoms with van der Waals surface area (Å²) in [6.45, 7) is -4.42. The van der Waals surface area contributed by atoms with Gasteiger partial charge in [0.15, 0.2) is 22.7 Å². The van der Waals surface area contributed by atoms with Crippen LogP contribution in [0.3, 0.4) is 0 Å². The zero-order chi connectivity index (χ0) is 76.0. The number of nitrogens with one attached hydrogen (secondary N) is 8. The Morgan fingerprint density at radius 3 is 1.39 bits per heavy atom. The minimum atomic E-state index is -2.13. The number of anilines is 2. The number of carboxylic acids is 2. The van der Waals surface area contributed by atoms with Gasteiger partial charge in [-0.15, -0.1) is 0 Å². The second-order valence-corrected chi connectivity index (χ2v) is 23.7. The third kappa shape index (κ3) is 29.4. The minimum absolute atomic E-state index is 0.00900. The molecule has 41 nitrogen and oxygen atoms in total. The lowest BCUT2D eigenvalue weighted by Gasteiger charge is -2.26. The number of carbonyl (C=O) groups excluding carboxylic acids is 9. The van der Waals surface area contributed by atoms with Crippen molar-refractivity contribution in [1.82, 2.24) is 51.8 Å². The molecule has 0 spiro atoms. The Hall–Kier alpha value is -8.79. The van der Waals surface area contributed by atoms with E-state index < -0.39 is 290 Å². The van der Waals surface area contributed by atoms with E-state index in [1.54, 1.807) is 0 Å². The SMILES string of the molecule is CC(=O)[C@H](CCC(=O)NC[C@H](O)[C@@H](O)[C@H](O)[C@H](O)CO)NC(=O)[C@H](CCC(=O)NC[C@H](O)[C@@H](O)[C@H](O)[C@H](O)CO)CC(=O)[C@H](CCC(=O)O)NC(=O)[C@H](CCC(=O)NC[C@H](O)[C@@H](O)[C@H](O)[C@H](O)CO)CC(=O)CC[C@H](NC(=O)c1ccc(NCc2cnc3nc(N)[nH]c(=O)c3n2)cc1)C(=O)O. The summed E-state index contributed by atoms with van der Waals surface area (Å²) in [5.74, 6) is -15.8. The molecule has 0 aliphatic rings. The number of aromatic nitrogens is 4. The maximum atomic E-state index is 14.5. The fourth-order valence-electron chi connectivity index (χ4n) is 9.60. The van der Waals surface area contributed by atoms with Gasteiger partial charge in [-0.25, -0.2) is 14.8 Å². The van der Waals surface area contributed by atoms with E-state index >= 15 is 0 Å². The predicted octanol–water partition coefficient (Wildman–Crippen LogP) is -10.6. The van der Waals surface area contributed by atoms with Crippen molar-refractivity contribution in [3.8, 4) is 0 Å². The number of hydrogen-bond acceptors (Lipinski definition) is 32. The summed E-state index contributed by atoms with van der Waals surface area (Å²) in [4.78, 5) is 174. The Kier molecular flexibility index (Phi) is 36.9. The molecular weight excluding hydrogens is 1350 g/mol. The van der Waals surface area contributed by atoms with Crippen molar-refractivity contribution >= 4 is 87.5 Å². The molecule has 0 unspecified atom stereocenters. The Balaban J connectivity index is 1.91. The second kappa shape index (κ2) is 43.1. The zero-order valence-corrected chi connectivity index (χ0v) is 54.6. The molecule has 1 aromatic carbocycles. The number of carbonyl (C=O) groups is 11. The summed E-state index contributed by atoms with van der Waals surface area (Å²) in [7, 11) is 0. The van der Waals surface area contributed by atoms with Crippen LogP contribution < -0.4 is 48.5 Å². The number of rotatable bonds is 49. The minimum Gasteiger partial charge on any atom is -0.481 e. The Bertz CT molecular complexity index is 3310. The van der Waals surface area contributed by atoms with Crippen molar-refractivity contribution < 1.29 is 140 Å². The molecule has 0 saturated carbocycles. The van der Waals surface area contributed by atoms with E-state index in [1.807, 2.05) is 0 Å². The average molecular weight is 1440 g/mol. The molecule has 101 heavy (non-hydrogen) atoms. The molecule has 0 radical (unpaired) electrons. The number of H-pyrrole nitrogens is 1. The van der Waals surface area contributed by atoms with E-state index in [0.29, 0.717) is 11.4 Å². The van der Waals surface area contributed by atoms with E-state index in [4.69, 9.17) is 21.1 Å². The highest BCUT2D eigenvalue weighted by molar-refractivity contribution is 5.98. The lowest BCUT2D eigenvalue weighted by Crippen LogP contribution is -2.50. The summed E-state index contributed by atoms with van der Waals surface area (Å²) < 4.78 is 0. The number of nitrogens with zero attached hydrogens (tertiary/aromatic N) is 3. The number of benzene rings is 1. The topological polar surface area (TPSA) is 713 Å². The van der Waals surface area contributed by atoms with Crippen LogP contribution in [0.5, 0.6) is 0 Å². The molecule has 0 saturated heterocycles. The van der Waals surface area contributed by atoms with Crippen molar-refractivity contribution in [3.05, 3.63) is 52.1 Å². The van der Waals surface area contributed by atoms with E-state index in [0.717, 1.165) is 6.92 Å². The van der Waals surface area contributed by atoms with Crippen molar-refractivity contribution in [2.45, 2.75) is 182 Å². The largest absolute Gasteiger partial charge is 0.481 e. The lowest BCUT2D eigenvalue weighted by atomic mass is 9.89. The quantitative estimate of drug-likeness (QED) is 0.0250. The summed E-state index contributed by atoms with van der Waals surface area (Å²) in [5.41, 5.74) is 5.57. The van der Waals surface area contributed by atoms with E-state index in [1.165, 1.54) is 30.5 Å². The molecule has 0 fully saturated rings. The number of fused-ring (bicyclic) bond motifs is 1. The predicted molar refractivity (Wildman–Crippen MR) is 342 cm³/mol. The number of aliphatic carboxylic acids is 2. The van der Waals surface area contributed by atoms with Gasteiger partial charge < -0.3 is 130 Å². The lowest BCUT2D eigenvalue weighted by molar-refractivity contribution is -0.140. The first-order valence-corrected chi connectivity index (χ1v) is 31.6. The molecule has 41 heteroatoms. The van der Waals surface area contributed by atoms with Gasteiger partial charge in [-0.2, -0.15) is 4.98 Å². The van der Waals surface area contributed by atoms with Crippen molar-refractivity contribution in [1.29, 1.82) is 0 Å². The van der Waals surface area contributed by atoms with Gasteiger partial charge in [-0.05, 0) is 63.3 Å². The van der Waals surface area contributed by atoms with Crippen molar-refractivity contribution in [3.63, 3.8) is 0 Å². The van der Waals surface area contributed by atoms with E-state index in [9.17, 15) is 129 Å². The van der Waals surface area contributed by atoms with Crippen LogP contribution in [0.15, 0.2) is 35.3 Å². The number of amides is 6. The van der Waals surface area contributed by atoms with Crippen LogP contribution in [0.4, 0.5) is 11.6 Å². The van der Waals surface area contributed by atoms with Gasteiger partial charge in [0.05, 0.1) is 68.7 Å². The number of carboxylic acid groups (broad SMARTS) is 2. The number of nitrogens with two attached hydrogens (primary N) is 1. The van der Waals surface area contributed by atoms with Crippen molar-refractivity contribution in [2.24, 2.45) is 11.8 Å². The molecule has 0 aliphatic carbocycles. The Labute approximate surface area is 573 Å². The smallest absolute Gasteiger partial charge is 0.326 e. The van der Waals surface area contributed by atoms with Crippen LogP contribution in [0.25, 0.3) is 11.2 Å². The molecule has 2 aromatic heterocycles. The summed E-state index contributed by atoms with van der Waals surface area (Å²) in [6.07, 6.45) is -31.4. The van der Waals surface area contributed by atoms with E-state index in [2.05, 4.69) is 57.2 Å². The maximum Gasteiger partial charge on any atom is 0.326 e. The van der Waals surface area contributed by atoms with Gasteiger partial charge in [0.1, 0.15) is 66.8 Å². The summed E-state index contributed by atoms with van der Waals surface area (Å²) in [6, 6.07) is 0.336. The summed E-state index contributed by atoms with van der Waals surface area (Å²) >= 11 is 0. The number of Topliss-reactive ketones (excluding diaryl/α,β-unsaturated/α-hetero) is 3. The van der Waals surface area contributed by atoms with Gasteiger partial charge >= 0.3 is 11.9 Å². The van der Waals surface area contributed by atoms with Crippen LogP contribution in [0.2, 0.25) is 0 Å². The number of ketones is 3. The monoisotopic (exact) mass is 1440 g/mol. The third-order valence-electron chi connectivity index (χ3n) is 15.8. The number of aromatic amines is 1. The van der Waals surface area contributed by atoms with Gasteiger partial charge in [0.25, 0.3) is 11.5 Å². The third-order valence-corrected chi connectivity index (χ3v) is 15.8. The fourth-order valence-corrected chi connectivity index (χ4v) is 9.60. The standard InChI is InChI=1S/C60H90N12O29/c1-26(76)33(10-14-45(87)65-22-39(81)50(92)53(95)42(84)25-75)68-57(98)29(5-13-44(86)64-21-38(80)49(91)52(94)41(83)24-74)17-36(78)34(11-15-46(88)89)69-56(97)28(4-12-43(85)63-20-37(79)48(90)51(93)40(82)23-73)16-32(77)8-9-35(59(100)101)70-55(96)27-2-6-30(7-3-27)62-18-31-19-66-54-47(67-31)58(99)72-60(61)71-54/h2-3,6-7,19,28-29,33-35,37-42,48-53,62,73-75,79-84,90-95H,4-5,8-18,20-25H2,1H3,(H,63,85)(H,64,86)(H,65,87)(H,68,98)(H,69,97)(H,70,96)(H,88,89)(H,100,101)(H3,61,66,71,72,99)/t28-,29-,33+,34+,35+,37+,38+,39+,40-,41-,42-,48-,49-,50-,51-,52-,53-/m1/s1. The van der Waals surface area contributed by atoms with E-state index in [-0.39, 0.29) is 29.2 Å². The molecule has 17 atom stereocenters. The molecule has 6 amide bonds. The molecule has 2 heterocycles. The molecular formula is C60H90N12O29. The number of aliphatic hydroxyl groups is 15. The first-order valence-electron chi connectivity index (χ1n) is 31.6. The van der Waals surface area contributed by atoms with Crippen LogP contribution >= 0.6 is 0 Å². The van der Waals surface area contributed by atoms with Gasteiger partial charge in [-0.1, -0.05) is 0 Å². The summed E-state index contributed by atoms with van der Waals surface area (Å²) in [5, 5.41) is 184. The average Bonchev–Trinajstić information content (AvgIpc) is 0.811. The normalized spacial score (nSPS) is 16.6. The van der Waals surface area contributed by atoms with Crippen LogP contribution in [-0.4, -0.2) is 302 Å². The molecule has 27 N–H and O–H groups in total. The molecule has 3 rings (SSSR count). The first kappa shape index (κ1) is 86.4. The Morgan fingerprint density at radius 1 is 0.515 bits per heavy atom. The van der Waals surface area contributed by atoms with Gasteiger partial charge in [0.2, 0.25) is 35.5 Å². The van der Waals surface area contributed by atoms with Crippen LogP contribution in [0.1, 0.15) is 100 Å². The Morgan fingerprint density at radius 2 is 0.941 bits per heavy atom. The molecule has 0 aliphatic heterocycles. The van der Waals surface area contributed by atoms with Gasteiger partial charge in [0, 0.05) is 87.7 Å². The molecule has 564 valence electrons. The van der Waals surface area contributed by atoms with Crippen LogP contribution in [-0.2, 0) is 54.5 Å². The highest BCUT2D eigenvalue weighted by atomic mass is 16.4. The first-order chi connectivity index (χ1) is 47.5. The number of hydrogen-bond donors (Lipinski definition) is 26. The zero-order valence-electron chi connectivity index (χ0n) is 54.6. The maximum absolute atomic E-state index is 14.5. The van der Waals surface area contributed by atoms with Crippen LogP contribution in [0, 0.1) is 11.8 Å². The van der Waals surface area contributed by atoms with Gasteiger partial charge in [-0.3, -0.25) is 57.7 Å².